The molecule has 0 aliphatic rings. The predicted octanol–water partition coefficient (Wildman–Crippen LogP) is 4.46. The number of nitrogens with one attached hydrogen (secondary N) is 1. The average Bonchev–Trinajstić information content (AvgIpc) is 2.47. The minimum Gasteiger partial charge on any atom is -0.372 e. The van der Waals surface area contributed by atoms with Gasteiger partial charge in [0.15, 0.2) is 0 Å². The van der Waals surface area contributed by atoms with Gasteiger partial charge in [0.1, 0.15) is 17.5 Å². The number of nitrogens with zero attached hydrogens (tertiary/aromatic N) is 2. The number of hydrogen-bond donors (Lipinski definition) is 1. The summed E-state index contributed by atoms with van der Waals surface area (Å²) in [4.78, 5) is 9.03. The Balaban J connectivity index is 2.39. The summed E-state index contributed by atoms with van der Waals surface area (Å²) in [5.41, 5.74) is 1.50. The van der Waals surface area contributed by atoms with Crippen LogP contribution in [0.5, 0.6) is 0 Å². The van der Waals surface area contributed by atoms with Crippen LogP contribution in [0.4, 0.5) is 10.2 Å². The van der Waals surface area contributed by atoms with Gasteiger partial charge in [-0.1, -0.05) is 37.1 Å². The fraction of sp³-hybridized carbons (Fsp3) is 0.333. The Morgan fingerprint density at radius 3 is 2.76 bits per heavy atom. The topological polar surface area (TPSA) is 37.8 Å². The second-order valence-electron chi connectivity index (χ2n) is 4.64. The Morgan fingerprint density at radius 2 is 2.10 bits per heavy atom. The summed E-state index contributed by atoms with van der Waals surface area (Å²) >= 11 is 8.06. The summed E-state index contributed by atoms with van der Waals surface area (Å²) in [6.45, 7) is 2.10. The zero-order chi connectivity index (χ0) is 15.4. The lowest BCUT2D eigenvalue weighted by Gasteiger charge is -2.11. The van der Waals surface area contributed by atoms with Crippen LogP contribution in [0.25, 0.3) is 0 Å². The Hall–Kier alpha value is -0.950. The molecule has 0 aliphatic carbocycles. The zero-order valence-corrected chi connectivity index (χ0v) is 14.8. The van der Waals surface area contributed by atoms with E-state index < -0.39 is 5.82 Å². The maximum Gasteiger partial charge on any atom is 0.145 e. The normalized spacial score (nSPS) is 10.7. The van der Waals surface area contributed by atoms with E-state index in [-0.39, 0.29) is 5.02 Å². The molecule has 0 saturated carbocycles. The van der Waals surface area contributed by atoms with Crippen molar-refractivity contribution in [2.75, 3.05) is 12.4 Å². The van der Waals surface area contributed by atoms with E-state index in [1.54, 1.807) is 12.1 Å². The van der Waals surface area contributed by atoms with Crippen molar-refractivity contribution in [1.29, 1.82) is 0 Å². The van der Waals surface area contributed by atoms with Crippen molar-refractivity contribution in [2.45, 2.75) is 26.2 Å². The van der Waals surface area contributed by atoms with Crippen LogP contribution < -0.4 is 5.32 Å². The molecule has 2 rings (SSSR count). The average molecular weight is 420 g/mol. The van der Waals surface area contributed by atoms with Gasteiger partial charge in [-0.25, -0.2) is 14.4 Å². The highest BCUT2D eigenvalue weighted by molar-refractivity contribution is 14.1. The molecule has 0 radical (unpaired) electrons. The first-order valence-corrected chi connectivity index (χ1v) is 8.18. The highest BCUT2D eigenvalue weighted by Crippen LogP contribution is 2.23. The quantitative estimate of drug-likeness (QED) is 0.727. The summed E-state index contributed by atoms with van der Waals surface area (Å²) in [5, 5.41) is 3.19. The first-order chi connectivity index (χ1) is 10.1. The molecule has 0 spiro atoms. The fourth-order valence-corrected chi connectivity index (χ4v) is 3.02. The van der Waals surface area contributed by atoms with Gasteiger partial charge >= 0.3 is 0 Å². The van der Waals surface area contributed by atoms with E-state index in [0.29, 0.717) is 17.8 Å². The summed E-state index contributed by atoms with van der Waals surface area (Å²) in [7, 11) is 1.82. The van der Waals surface area contributed by atoms with Crippen molar-refractivity contribution in [3.63, 3.8) is 0 Å². The number of rotatable bonds is 5. The number of anilines is 1. The molecular weight excluding hydrogens is 404 g/mol. The maximum atomic E-state index is 14.0. The molecule has 0 amide bonds. The van der Waals surface area contributed by atoms with Crippen LogP contribution in [0.15, 0.2) is 18.2 Å². The molecule has 0 bridgehead atoms. The molecule has 6 heteroatoms. The van der Waals surface area contributed by atoms with E-state index in [1.165, 1.54) is 6.07 Å². The Morgan fingerprint density at radius 1 is 1.33 bits per heavy atom. The third-order valence-electron chi connectivity index (χ3n) is 3.07. The van der Waals surface area contributed by atoms with Crippen molar-refractivity contribution in [2.24, 2.45) is 0 Å². The van der Waals surface area contributed by atoms with Gasteiger partial charge in [0.25, 0.3) is 0 Å². The lowest BCUT2D eigenvalue weighted by Crippen LogP contribution is -2.08. The van der Waals surface area contributed by atoms with E-state index >= 15 is 0 Å². The van der Waals surface area contributed by atoms with Gasteiger partial charge in [0.05, 0.1) is 14.3 Å². The third-order valence-corrected chi connectivity index (χ3v) is 4.50. The summed E-state index contributed by atoms with van der Waals surface area (Å²) < 4.78 is 15.0. The minimum absolute atomic E-state index is 0.126. The lowest BCUT2D eigenvalue weighted by molar-refractivity contribution is 0.612. The molecule has 21 heavy (non-hydrogen) atoms. The second-order valence-corrected chi connectivity index (χ2v) is 6.12. The van der Waals surface area contributed by atoms with Crippen LogP contribution >= 0.6 is 34.2 Å². The van der Waals surface area contributed by atoms with Crippen molar-refractivity contribution >= 4 is 40.0 Å². The molecule has 1 heterocycles. The Labute approximate surface area is 142 Å². The van der Waals surface area contributed by atoms with Crippen LogP contribution in [-0.4, -0.2) is 17.0 Å². The molecule has 1 N–H and O–H groups in total. The highest BCUT2D eigenvalue weighted by atomic mass is 127. The van der Waals surface area contributed by atoms with E-state index in [0.717, 1.165) is 27.9 Å². The molecular formula is C15H16ClFIN3. The number of halogens is 3. The van der Waals surface area contributed by atoms with Gasteiger partial charge in [-0.3, -0.25) is 0 Å². The molecule has 0 aliphatic heterocycles. The van der Waals surface area contributed by atoms with Crippen LogP contribution in [-0.2, 0) is 12.8 Å². The van der Waals surface area contributed by atoms with Gasteiger partial charge in [-0.15, -0.1) is 0 Å². The molecule has 0 atom stereocenters. The summed E-state index contributed by atoms with van der Waals surface area (Å²) in [6, 6.07) is 4.98. The van der Waals surface area contributed by atoms with Gasteiger partial charge in [-0.2, -0.15) is 0 Å². The Bertz CT molecular complexity index is 649. The summed E-state index contributed by atoms with van der Waals surface area (Å²) in [5.74, 6) is 0.986. The SMILES string of the molecule is CCCc1nc(Cc2cccc(Cl)c2F)nc(NC)c1I. The number of aromatic nitrogens is 2. The van der Waals surface area contributed by atoms with Gasteiger partial charge in [-0.05, 0) is 40.6 Å². The van der Waals surface area contributed by atoms with Crippen LogP contribution in [0.3, 0.4) is 0 Å². The van der Waals surface area contributed by atoms with E-state index in [1.807, 2.05) is 7.05 Å². The summed E-state index contributed by atoms with van der Waals surface area (Å²) in [6.07, 6.45) is 2.20. The number of aryl methyl sites for hydroxylation is 1. The monoisotopic (exact) mass is 419 g/mol. The molecule has 3 nitrogen and oxygen atoms in total. The van der Waals surface area contributed by atoms with Crippen LogP contribution in [0, 0.1) is 9.39 Å². The van der Waals surface area contributed by atoms with Crippen molar-refractivity contribution in [3.05, 3.63) is 49.7 Å². The highest BCUT2D eigenvalue weighted by Gasteiger charge is 2.13. The van der Waals surface area contributed by atoms with E-state index in [9.17, 15) is 4.39 Å². The second kappa shape index (κ2) is 7.35. The molecule has 1 aromatic carbocycles. The van der Waals surface area contributed by atoms with Crippen molar-refractivity contribution < 1.29 is 4.39 Å². The largest absolute Gasteiger partial charge is 0.372 e. The number of hydrogen-bond acceptors (Lipinski definition) is 3. The molecule has 0 saturated heterocycles. The maximum absolute atomic E-state index is 14.0. The number of benzene rings is 1. The smallest absolute Gasteiger partial charge is 0.145 e. The van der Waals surface area contributed by atoms with Gasteiger partial charge in [0.2, 0.25) is 0 Å². The Kier molecular flexibility index (Phi) is 5.75. The first kappa shape index (κ1) is 16.4. The van der Waals surface area contributed by atoms with Crippen LogP contribution in [0.2, 0.25) is 5.02 Å². The predicted molar refractivity (Wildman–Crippen MR) is 92.5 cm³/mol. The molecule has 0 unspecified atom stereocenters. The first-order valence-electron chi connectivity index (χ1n) is 6.72. The van der Waals surface area contributed by atoms with Gasteiger partial charge in [0, 0.05) is 13.5 Å². The third kappa shape index (κ3) is 3.83. The molecule has 0 fully saturated rings. The van der Waals surface area contributed by atoms with Crippen molar-refractivity contribution in [1.82, 2.24) is 9.97 Å². The standard InChI is InChI=1S/C15H16ClFIN3/c1-3-5-11-14(18)15(19-2)21-12(20-11)8-9-6-4-7-10(16)13(9)17/h4,6-7H,3,5,8H2,1-2H3,(H,19,20,21). The molecule has 2 aromatic rings. The van der Waals surface area contributed by atoms with E-state index in [2.05, 4.69) is 44.8 Å². The van der Waals surface area contributed by atoms with Crippen LogP contribution in [0.1, 0.15) is 30.4 Å². The van der Waals surface area contributed by atoms with Crippen molar-refractivity contribution in [3.8, 4) is 0 Å². The minimum atomic E-state index is -0.399. The lowest BCUT2D eigenvalue weighted by atomic mass is 10.1. The fourth-order valence-electron chi connectivity index (χ4n) is 2.05. The zero-order valence-electron chi connectivity index (χ0n) is 11.9. The van der Waals surface area contributed by atoms with E-state index in [4.69, 9.17) is 11.6 Å². The molecule has 1 aromatic heterocycles. The molecule has 112 valence electrons. The van der Waals surface area contributed by atoms with Gasteiger partial charge < -0.3 is 5.32 Å².